The van der Waals surface area contributed by atoms with E-state index in [0.717, 1.165) is 11.1 Å². The lowest BCUT2D eigenvalue weighted by molar-refractivity contribution is -0.165. The van der Waals surface area contributed by atoms with Gasteiger partial charge >= 0.3 is 0 Å². The van der Waals surface area contributed by atoms with Crippen LogP contribution in [0.25, 0.3) is 0 Å². The molecule has 3 aliphatic carbocycles. The van der Waals surface area contributed by atoms with E-state index in [1.165, 1.54) is 7.11 Å². The number of fused-ring (bicyclic) bond motifs is 4. The molecule has 8 nitrogen and oxygen atoms in total. The van der Waals surface area contributed by atoms with E-state index in [2.05, 4.69) is 10.1 Å². The van der Waals surface area contributed by atoms with Gasteiger partial charge in [-0.1, -0.05) is 12.1 Å². The molecule has 2 aromatic rings. The van der Waals surface area contributed by atoms with Gasteiger partial charge in [-0.25, -0.2) is 0 Å². The largest absolute Gasteiger partial charge is 0.362 e. The smallest absolute Gasteiger partial charge is 0.208 e. The fraction of sp³-hybridized carbons (Fsp3) is 0.542. The maximum Gasteiger partial charge on any atom is 0.208 e. The number of aromatic nitrogens is 2. The van der Waals surface area contributed by atoms with Crippen molar-refractivity contribution in [3.05, 3.63) is 46.1 Å². The first-order chi connectivity index (χ1) is 15.1. The number of ether oxygens (including phenoxy) is 1. The van der Waals surface area contributed by atoms with Gasteiger partial charge in [0, 0.05) is 31.0 Å². The molecule has 1 fully saturated rings. The molecule has 1 saturated carbocycles. The van der Waals surface area contributed by atoms with Crippen molar-refractivity contribution >= 4 is 17.3 Å². The first kappa shape index (κ1) is 21.2. The summed E-state index contributed by atoms with van der Waals surface area (Å²) in [7, 11) is 5.16. The number of carbonyl (C=O) groups is 3. The van der Waals surface area contributed by atoms with Gasteiger partial charge < -0.3 is 9.26 Å². The molecule has 8 heteroatoms. The lowest BCUT2D eigenvalue weighted by atomic mass is 9.48. The van der Waals surface area contributed by atoms with Gasteiger partial charge in [-0.05, 0) is 57.3 Å². The summed E-state index contributed by atoms with van der Waals surface area (Å²) in [5, 5.41) is 4.03. The van der Waals surface area contributed by atoms with Crippen molar-refractivity contribution in [2.45, 2.75) is 45.3 Å². The second kappa shape index (κ2) is 6.65. The average Bonchev–Trinajstić information content (AvgIpc) is 3.08. The highest BCUT2D eigenvalue weighted by Crippen LogP contribution is 2.59. The number of methoxy groups -OCH3 is 1. The van der Waals surface area contributed by atoms with Crippen molar-refractivity contribution in [2.24, 2.45) is 17.3 Å². The SMILES string of the molecule is COC12C(=O)c3c(C)noc3C(N(C)C)C1CC1(C)Cc3cncc(C)c3C(=O)C1C2=O. The van der Waals surface area contributed by atoms with E-state index in [1.54, 1.807) is 19.3 Å². The summed E-state index contributed by atoms with van der Waals surface area (Å²) in [5.41, 5.74) is 0.453. The lowest BCUT2D eigenvalue weighted by Gasteiger charge is -2.56. The molecule has 2 aromatic heterocycles. The van der Waals surface area contributed by atoms with Crippen LogP contribution >= 0.6 is 0 Å². The maximum absolute atomic E-state index is 14.3. The number of hydrogen-bond acceptors (Lipinski definition) is 8. The first-order valence-corrected chi connectivity index (χ1v) is 10.8. The number of pyridine rings is 1. The van der Waals surface area contributed by atoms with Crippen molar-refractivity contribution in [3.8, 4) is 0 Å². The van der Waals surface area contributed by atoms with Gasteiger partial charge in [0.25, 0.3) is 0 Å². The molecule has 0 spiro atoms. The Balaban J connectivity index is 1.76. The first-order valence-electron chi connectivity index (χ1n) is 10.8. The second-order valence-electron chi connectivity index (χ2n) is 9.98. The number of rotatable bonds is 2. The van der Waals surface area contributed by atoms with Crippen molar-refractivity contribution < 1.29 is 23.6 Å². The molecule has 5 rings (SSSR count). The van der Waals surface area contributed by atoms with E-state index in [0.29, 0.717) is 35.4 Å². The molecule has 0 amide bonds. The number of hydrogen-bond donors (Lipinski definition) is 0. The van der Waals surface area contributed by atoms with Crippen LogP contribution < -0.4 is 0 Å². The third kappa shape index (κ3) is 2.37. The number of nitrogens with zero attached hydrogens (tertiary/aromatic N) is 3. The van der Waals surface area contributed by atoms with Crippen LogP contribution in [0.1, 0.15) is 62.7 Å². The molecule has 3 aliphatic rings. The second-order valence-corrected chi connectivity index (χ2v) is 9.98. The molecule has 0 bridgehead atoms. The van der Waals surface area contributed by atoms with Crippen LogP contribution in [0.5, 0.6) is 0 Å². The average molecular weight is 437 g/mol. The minimum Gasteiger partial charge on any atom is -0.362 e. The molecule has 0 aromatic carbocycles. The Morgan fingerprint density at radius 2 is 1.88 bits per heavy atom. The highest BCUT2D eigenvalue weighted by Gasteiger charge is 2.70. The fourth-order valence-electron chi connectivity index (χ4n) is 6.56. The summed E-state index contributed by atoms with van der Waals surface area (Å²) < 4.78 is 11.5. The highest BCUT2D eigenvalue weighted by molar-refractivity contribution is 6.26. The molecule has 168 valence electrons. The Labute approximate surface area is 186 Å². The van der Waals surface area contributed by atoms with Crippen LogP contribution in [-0.4, -0.2) is 59.2 Å². The van der Waals surface area contributed by atoms with E-state index in [1.807, 2.05) is 32.8 Å². The summed E-state index contributed by atoms with van der Waals surface area (Å²) in [6.45, 7) is 5.48. The molecule has 2 heterocycles. The Bertz CT molecular complexity index is 1180. The minimum absolute atomic E-state index is 0.240. The third-order valence-corrected chi connectivity index (χ3v) is 7.83. The number of Topliss-reactive ketones (excluding diaryl/α,β-unsaturated/α-hetero) is 3. The van der Waals surface area contributed by atoms with E-state index >= 15 is 0 Å². The molecule has 0 N–H and O–H groups in total. The Morgan fingerprint density at radius 1 is 1.16 bits per heavy atom. The van der Waals surface area contributed by atoms with E-state index in [4.69, 9.17) is 9.26 Å². The van der Waals surface area contributed by atoms with Gasteiger partial charge in [-0.3, -0.25) is 24.3 Å². The lowest BCUT2D eigenvalue weighted by Crippen LogP contribution is -2.69. The van der Waals surface area contributed by atoms with Crippen LogP contribution in [-0.2, 0) is 16.0 Å². The third-order valence-electron chi connectivity index (χ3n) is 7.83. The number of carbonyl (C=O) groups excluding carboxylic acids is 3. The summed E-state index contributed by atoms with van der Waals surface area (Å²) in [5.74, 6) is -2.15. The number of aryl methyl sites for hydroxylation is 2. The quantitative estimate of drug-likeness (QED) is 0.661. The molecule has 5 unspecified atom stereocenters. The van der Waals surface area contributed by atoms with Gasteiger partial charge in [0.15, 0.2) is 22.9 Å². The Hall–Kier alpha value is -2.71. The molecule has 0 saturated heterocycles. The van der Waals surface area contributed by atoms with Crippen LogP contribution in [0, 0.1) is 31.1 Å². The van der Waals surface area contributed by atoms with E-state index in [9.17, 15) is 14.4 Å². The van der Waals surface area contributed by atoms with E-state index in [-0.39, 0.29) is 5.78 Å². The van der Waals surface area contributed by atoms with Gasteiger partial charge in [-0.2, -0.15) is 0 Å². The molecule has 5 atom stereocenters. The molecule has 0 radical (unpaired) electrons. The highest BCUT2D eigenvalue weighted by atomic mass is 16.5. The minimum atomic E-state index is -1.75. The molecule has 32 heavy (non-hydrogen) atoms. The van der Waals surface area contributed by atoms with Gasteiger partial charge in [-0.15, -0.1) is 0 Å². The zero-order valence-corrected chi connectivity index (χ0v) is 19.2. The van der Waals surface area contributed by atoms with Crippen LogP contribution in [0.15, 0.2) is 16.9 Å². The zero-order valence-electron chi connectivity index (χ0n) is 19.2. The van der Waals surface area contributed by atoms with Gasteiger partial charge in [0.2, 0.25) is 5.78 Å². The molecular formula is C24H27N3O5. The predicted molar refractivity (Wildman–Crippen MR) is 113 cm³/mol. The van der Waals surface area contributed by atoms with Gasteiger partial charge in [0.05, 0.1) is 23.2 Å². The summed E-state index contributed by atoms with van der Waals surface area (Å²) in [6, 6.07) is -0.391. The number of ketones is 3. The van der Waals surface area contributed by atoms with Crippen molar-refractivity contribution in [3.63, 3.8) is 0 Å². The summed E-state index contributed by atoms with van der Waals surface area (Å²) in [6.07, 6.45) is 4.34. The van der Waals surface area contributed by atoms with E-state index < -0.39 is 40.5 Å². The Kier molecular flexibility index (Phi) is 4.40. The molecule has 0 aliphatic heterocycles. The molecular weight excluding hydrogens is 410 g/mol. The van der Waals surface area contributed by atoms with Crippen LogP contribution in [0.3, 0.4) is 0 Å². The summed E-state index contributed by atoms with van der Waals surface area (Å²) >= 11 is 0. The monoisotopic (exact) mass is 437 g/mol. The van der Waals surface area contributed by atoms with Crippen LogP contribution in [0.2, 0.25) is 0 Å². The van der Waals surface area contributed by atoms with Gasteiger partial charge in [0.1, 0.15) is 0 Å². The normalized spacial score (nSPS) is 33.6. The van der Waals surface area contributed by atoms with Crippen molar-refractivity contribution in [2.75, 3.05) is 21.2 Å². The fourth-order valence-corrected chi connectivity index (χ4v) is 6.56. The topological polar surface area (TPSA) is 103 Å². The Morgan fingerprint density at radius 3 is 2.53 bits per heavy atom. The summed E-state index contributed by atoms with van der Waals surface area (Å²) in [4.78, 5) is 48.1. The van der Waals surface area contributed by atoms with Crippen LogP contribution in [0.4, 0.5) is 0 Å². The standard InChI is InChI=1S/C24H27N3O5/c1-11-9-25-10-13-7-23(3)8-14-18(27(4)5)20-16(12(2)26-32-20)21(29)24(14,31-6)22(30)17(23)19(28)15(11)13/h9-10,14,17-18H,7-8H2,1-6H3. The maximum atomic E-state index is 14.3. The van der Waals surface area contributed by atoms with Crippen molar-refractivity contribution in [1.29, 1.82) is 0 Å². The zero-order chi connectivity index (χ0) is 23.2. The predicted octanol–water partition coefficient (Wildman–Crippen LogP) is 2.52. The van der Waals surface area contributed by atoms with Crippen molar-refractivity contribution in [1.82, 2.24) is 15.0 Å².